The third-order valence-corrected chi connectivity index (χ3v) is 2.58. The molecule has 0 radical (unpaired) electrons. The highest BCUT2D eigenvalue weighted by Crippen LogP contribution is 2.19. The van der Waals surface area contributed by atoms with Crippen molar-refractivity contribution in [3.63, 3.8) is 0 Å². The summed E-state index contributed by atoms with van der Waals surface area (Å²) in [6, 6.07) is 8.02. The van der Waals surface area contributed by atoms with Gasteiger partial charge >= 0.3 is 0 Å². The smallest absolute Gasteiger partial charge is 0.267 e. The Bertz CT molecular complexity index is 539. The Hall–Kier alpha value is -1.81. The lowest BCUT2D eigenvalue weighted by Gasteiger charge is -2.02. The first-order valence-electron chi connectivity index (χ1n) is 5.29. The predicted octanol–water partition coefficient (Wildman–Crippen LogP) is 1.18. The molecule has 4 heteroatoms. The standard InChI is InChI=1S/C12H15N3O/c1-8-3-2-4-9(7-8)11-10(5-6-13)12(16)15-14-11/h2-4,7H,5-6,13H2,1H3,(H2,14,15,16). The topological polar surface area (TPSA) is 74.7 Å². The minimum absolute atomic E-state index is 0.0815. The molecule has 4 nitrogen and oxygen atoms in total. The van der Waals surface area contributed by atoms with Gasteiger partial charge in [-0.1, -0.05) is 23.8 Å². The van der Waals surface area contributed by atoms with Crippen LogP contribution in [0, 0.1) is 6.92 Å². The first-order valence-corrected chi connectivity index (χ1v) is 5.29. The van der Waals surface area contributed by atoms with Gasteiger partial charge in [-0.05, 0) is 26.0 Å². The van der Waals surface area contributed by atoms with Gasteiger partial charge in [0.1, 0.15) is 0 Å². The maximum atomic E-state index is 11.5. The van der Waals surface area contributed by atoms with Crippen molar-refractivity contribution >= 4 is 0 Å². The average molecular weight is 217 g/mol. The number of nitrogens with one attached hydrogen (secondary N) is 2. The fraction of sp³-hybridized carbons (Fsp3) is 0.250. The molecule has 0 amide bonds. The van der Waals surface area contributed by atoms with Gasteiger partial charge in [0.2, 0.25) is 0 Å². The molecule has 0 aliphatic carbocycles. The van der Waals surface area contributed by atoms with E-state index in [9.17, 15) is 4.79 Å². The number of aromatic amines is 2. The summed E-state index contributed by atoms with van der Waals surface area (Å²) in [6.45, 7) is 2.50. The van der Waals surface area contributed by atoms with Crippen molar-refractivity contribution in [2.24, 2.45) is 5.73 Å². The molecule has 1 heterocycles. The molecule has 1 aromatic carbocycles. The molecule has 4 N–H and O–H groups in total. The number of rotatable bonds is 3. The second kappa shape index (κ2) is 4.37. The predicted molar refractivity (Wildman–Crippen MR) is 64.3 cm³/mol. The van der Waals surface area contributed by atoms with Gasteiger partial charge in [-0.15, -0.1) is 0 Å². The molecule has 0 saturated carbocycles. The van der Waals surface area contributed by atoms with E-state index in [1.807, 2.05) is 31.2 Å². The zero-order valence-electron chi connectivity index (χ0n) is 9.21. The van der Waals surface area contributed by atoms with E-state index >= 15 is 0 Å². The summed E-state index contributed by atoms with van der Waals surface area (Å²) in [5, 5.41) is 5.51. The van der Waals surface area contributed by atoms with Gasteiger partial charge in [0.25, 0.3) is 5.56 Å². The van der Waals surface area contributed by atoms with Gasteiger partial charge < -0.3 is 5.73 Å². The summed E-state index contributed by atoms with van der Waals surface area (Å²) in [5.41, 5.74) is 9.17. The number of aromatic nitrogens is 2. The van der Waals surface area contributed by atoms with Crippen LogP contribution >= 0.6 is 0 Å². The molecular formula is C12H15N3O. The monoisotopic (exact) mass is 217 g/mol. The summed E-state index contributed by atoms with van der Waals surface area (Å²) in [4.78, 5) is 11.5. The summed E-state index contributed by atoms with van der Waals surface area (Å²) >= 11 is 0. The van der Waals surface area contributed by atoms with Crippen molar-refractivity contribution in [3.05, 3.63) is 45.7 Å². The Balaban J connectivity index is 2.51. The van der Waals surface area contributed by atoms with Crippen molar-refractivity contribution in [1.29, 1.82) is 0 Å². The first-order chi connectivity index (χ1) is 7.72. The molecule has 0 saturated heterocycles. The van der Waals surface area contributed by atoms with Gasteiger partial charge in [-0.2, -0.15) is 0 Å². The zero-order chi connectivity index (χ0) is 11.5. The van der Waals surface area contributed by atoms with Crippen LogP contribution in [0.1, 0.15) is 11.1 Å². The van der Waals surface area contributed by atoms with E-state index in [0.29, 0.717) is 13.0 Å². The van der Waals surface area contributed by atoms with Gasteiger partial charge in [0.15, 0.2) is 0 Å². The summed E-state index contributed by atoms with van der Waals surface area (Å²) < 4.78 is 0. The van der Waals surface area contributed by atoms with E-state index in [4.69, 9.17) is 5.73 Å². The van der Waals surface area contributed by atoms with Crippen molar-refractivity contribution < 1.29 is 0 Å². The van der Waals surface area contributed by atoms with Crippen molar-refractivity contribution in [1.82, 2.24) is 10.2 Å². The molecule has 0 spiro atoms. The molecule has 0 bridgehead atoms. The molecule has 2 rings (SSSR count). The molecule has 0 atom stereocenters. The normalized spacial score (nSPS) is 10.6. The first kappa shape index (κ1) is 10.7. The average Bonchev–Trinajstić information content (AvgIpc) is 2.61. The molecule has 16 heavy (non-hydrogen) atoms. The largest absolute Gasteiger partial charge is 0.330 e. The van der Waals surface area contributed by atoms with Crippen molar-refractivity contribution in [2.45, 2.75) is 13.3 Å². The second-order valence-corrected chi connectivity index (χ2v) is 3.84. The van der Waals surface area contributed by atoms with Crippen LogP contribution in [0.25, 0.3) is 11.3 Å². The van der Waals surface area contributed by atoms with Gasteiger partial charge in [-0.3, -0.25) is 15.0 Å². The Morgan fingerprint density at radius 2 is 2.12 bits per heavy atom. The highest BCUT2D eigenvalue weighted by Gasteiger charge is 2.10. The minimum Gasteiger partial charge on any atom is -0.330 e. The van der Waals surface area contributed by atoms with Crippen LogP contribution in [0.2, 0.25) is 0 Å². The van der Waals surface area contributed by atoms with Crippen LogP contribution in [0.3, 0.4) is 0 Å². The van der Waals surface area contributed by atoms with Crippen LogP contribution in [0.5, 0.6) is 0 Å². The Kier molecular flexibility index (Phi) is 2.92. The highest BCUT2D eigenvalue weighted by atomic mass is 16.1. The lowest BCUT2D eigenvalue weighted by molar-refractivity contribution is 0.960. The number of nitrogens with two attached hydrogens (primary N) is 1. The number of hydrogen-bond acceptors (Lipinski definition) is 2. The van der Waals surface area contributed by atoms with Gasteiger partial charge in [0, 0.05) is 11.1 Å². The van der Waals surface area contributed by atoms with Gasteiger partial charge in [-0.25, -0.2) is 0 Å². The molecule has 1 aromatic heterocycles. The van der Waals surface area contributed by atoms with Crippen molar-refractivity contribution in [3.8, 4) is 11.3 Å². The van der Waals surface area contributed by atoms with Crippen LogP contribution in [0.4, 0.5) is 0 Å². The van der Waals surface area contributed by atoms with E-state index < -0.39 is 0 Å². The molecule has 0 aliphatic rings. The minimum atomic E-state index is -0.0815. The summed E-state index contributed by atoms with van der Waals surface area (Å²) in [5.74, 6) is 0. The summed E-state index contributed by atoms with van der Waals surface area (Å²) in [6.07, 6.45) is 0.585. The van der Waals surface area contributed by atoms with E-state index in [1.54, 1.807) is 0 Å². The van der Waals surface area contributed by atoms with E-state index in [1.165, 1.54) is 5.56 Å². The van der Waals surface area contributed by atoms with Crippen LogP contribution < -0.4 is 11.3 Å². The zero-order valence-corrected chi connectivity index (χ0v) is 9.21. The van der Waals surface area contributed by atoms with Crippen LogP contribution in [-0.4, -0.2) is 16.7 Å². The lowest BCUT2D eigenvalue weighted by Crippen LogP contribution is -2.12. The molecule has 84 valence electrons. The maximum absolute atomic E-state index is 11.5. The van der Waals surface area contributed by atoms with Crippen LogP contribution in [-0.2, 0) is 6.42 Å². The summed E-state index contributed by atoms with van der Waals surface area (Å²) in [7, 11) is 0. The SMILES string of the molecule is Cc1cccc(-c2[nH][nH]c(=O)c2CCN)c1. The lowest BCUT2D eigenvalue weighted by atomic mass is 10.0. The Morgan fingerprint density at radius 1 is 1.31 bits per heavy atom. The fourth-order valence-corrected chi connectivity index (χ4v) is 1.81. The molecular weight excluding hydrogens is 202 g/mol. The third-order valence-electron chi connectivity index (χ3n) is 2.58. The third kappa shape index (κ3) is 1.92. The second-order valence-electron chi connectivity index (χ2n) is 3.84. The fourth-order valence-electron chi connectivity index (χ4n) is 1.81. The molecule has 0 fully saturated rings. The highest BCUT2D eigenvalue weighted by molar-refractivity contribution is 5.63. The van der Waals surface area contributed by atoms with E-state index in [-0.39, 0.29) is 5.56 Å². The molecule has 0 aliphatic heterocycles. The quantitative estimate of drug-likeness (QED) is 0.722. The Morgan fingerprint density at radius 3 is 2.81 bits per heavy atom. The molecule has 0 unspecified atom stereocenters. The van der Waals surface area contributed by atoms with Crippen LogP contribution in [0.15, 0.2) is 29.1 Å². The van der Waals surface area contributed by atoms with E-state index in [2.05, 4.69) is 10.2 Å². The number of aryl methyl sites for hydroxylation is 1. The van der Waals surface area contributed by atoms with Crippen molar-refractivity contribution in [2.75, 3.05) is 6.54 Å². The Labute approximate surface area is 93.5 Å². The number of benzene rings is 1. The van der Waals surface area contributed by atoms with E-state index in [0.717, 1.165) is 16.8 Å². The maximum Gasteiger partial charge on any atom is 0.267 e. The number of H-pyrrole nitrogens is 2. The van der Waals surface area contributed by atoms with Gasteiger partial charge in [0.05, 0.1) is 5.69 Å². The molecule has 2 aromatic rings. The number of hydrogen-bond donors (Lipinski definition) is 3.